The Labute approximate surface area is 77.1 Å². The Morgan fingerprint density at radius 3 is 3.25 bits per heavy atom. The van der Waals surface area contributed by atoms with Crippen LogP contribution in [-0.2, 0) is 24.4 Å². The second-order valence-electron chi connectivity index (χ2n) is 2.57. The molecule has 0 spiro atoms. The Morgan fingerprint density at radius 2 is 2.50 bits per heavy atom. The molecule has 2 heterocycles. The van der Waals surface area contributed by atoms with Gasteiger partial charge in [-0.2, -0.15) is 0 Å². The molecule has 4 nitrogen and oxygen atoms in total. The molecular weight excluding hydrogens is 178 g/mol. The number of nitrogens with zero attached hydrogens (tertiary/aromatic N) is 2. The molecule has 0 atom stereocenters. The largest absolute Gasteiger partial charge is 0.372 e. The number of imidazole rings is 1. The van der Waals surface area contributed by atoms with Crippen LogP contribution in [0.4, 0.5) is 0 Å². The number of fused-ring (bicyclic) bond motifs is 1. The van der Waals surface area contributed by atoms with Crippen LogP contribution in [-0.4, -0.2) is 16.2 Å². The number of nitrogens with two attached hydrogens (primary N) is 1. The molecule has 2 rings (SSSR count). The van der Waals surface area contributed by atoms with E-state index in [0.29, 0.717) is 13.2 Å². The molecule has 0 fully saturated rings. The molecule has 1 aliphatic heterocycles. The van der Waals surface area contributed by atoms with Gasteiger partial charge in [0.1, 0.15) is 12.4 Å². The zero-order valence-electron chi connectivity index (χ0n) is 6.69. The highest BCUT2D eigenvalue weighted by molar-refractivity contribution is 5.85. The predicted octanol–water partition coefficient (Wildman–Crippen LogP) is 0.294. The summed E-state index contributed by atoms with van der Waals surface area (Å²) in [6.07, 6.45) is 1.82. The van der Waals surface area contributed by atoms with E-state index in [1.807, 2.05) is 6.20 Å². The molecule has 1 aromatic rings. The van der Waals surface area contributed by atoms with Gasteiger partial charge in [-0.05, 0) is 0 Å². The van der Waals surface area contributed by atoms with E-state index >= 15 is 0 Å². The van der Waals surface area contributed by atoms with Crippen molar-refractivity contribution in [2.45, 2.75) is 19.7 Å². The van der Waals surface area contributed by atoms with Crippen molar-refractivity contribution in [1.82, 2.24) is 9.55 Å². The van der Waals surface area contributed by atoms with Gasteiger partial charge >= 0.3 is 0 Å². The first kappa shape index (κ1) is 9.51. The third kappa shape index (κ3) is 1.46. The Hall–Kier alpha value is -0.580. The van der Waals surface area contributed by atoms with E-state index in [0.717, 1.165) is 24.7 Å². The summed E-state index contributed by atoms with van der Waals surface area (Å²) >= 11 is 0. The van der Waals surface area contributed by atoms with Gasteiger partial charge in [0.05, 0.1) is 12.3 Å². The first-order valence-electron chi connectivity index (χ1n) is 3.73. The van der Waals surface area contributed by atoms with E-state index in [2.05, 4.69) is 9.55 Å². The number of rotatable bonds is 1. The van der Waals surface area contributed by atoms with Crippen LogP contribution in [0.2, 0.25) is 0 Å². The standard InChI is InChI=1S/C7H11N3O.ClH/c8-3-6-4-9-7-5-11-2-1-10(6)7;/h4H,1-3,5,8H2;1H. The normalized spacial score (nSPS) is 15.1. The monoisotopic (exact) mass is 189 g/mol. The fourth-order valence-corrected chi connectivity index (χ4v) is 1.32. The smallest absolute Gasteiger partial charge is 0.135 e. The van der Waals surface area contributed by atoms with E-state index in [4.69, 9.17) is 10.5 Å². The van der Waals surface area contributed by atoms with Crippen LogP contribution in [0.25, 0.3) is 0 Å². The molecule has 0 radical (unpaired) electrons. The number of halogens is 1. The minimum Gasteiger partial charge on any atom is -0.372 e. The van der Waals surface area contributed by atoms with E-state index < -0.39 is 0 Å². The van der Waals surface area contributed by atoms with Crippen molar-refractivity contribution in [1.29, 1.82) is 0 Å². The minimum atomic E-state index is 0. The van der Waals surface area contributed by atoms with Crippen molar-refractivity contribution in [2.75, 3.05) is 6.61 Å². The molecule has 0 amide bonds. The Kier molecular flexibility index (Phi) is 3.08. The second kappa shape index (κ2) is 3.89. The topological polar surface area (TPSA) is 53.1 Å². The summed E-state index contributed by atoms with van der Waals surface area (Å²) in [5, 5.41) is 0. The van der Waals surface area contributed by atoms with Gasteiger partial charge in [-0.3, -0.25) is 0 Å². The fraction of sp³-hybridized carbons (Fsp3) is 0.571. The summed E-state index contributed by atoms with van der Waals surface area (Å²) in [5.41, 5.74) is 6.62. The summed E-state index contributed by atoms with van der Waals surface area (Å²) in [6.45, 7) is 2.85. The maximum absolute atomic E-state index is 5.52. The van der Waals surface area contributed by atoms with Crippen molar-refractivity contribution >= 4 is 12.4 Å². The lowest BCUT2D eigenvalue weighted by Crippen LogP contribution is -2.19. The summed E-state index contributed by atoms with van der Waals surface area (Å²) in [4.78, 5) is 4.19. The SMILES string of the molecule is Cl.NCc1cnc2n1CCOC2. The molecule has 0 saturated heterocycles. The molecule has 12 heavy (non-hydrogen) atoms. The predicted molar refractivity (Wildman–Crippen MR) is 47.0 cm³/mol. The highest BCUT2D eigenvalue weighted by atomic mass is 35.5. The molecule has 0 aromatic carbocycles. The number of aromatic nitrogens is 2. The van der Waals surface area contributed by atoms with Crippen LogP contribution >= 0.6 is 12.4 Å². The first-order chi connectivity index (χ1) is 5.42. The highest BCUT2D eigenvalue weighted by Crippen LogP contribution is 2.10. The zero-order chi connectivity index (χ0) is 7.68. The number of ether oxygens (including phenoxy) is 1. The molecular formula is C7H12ClN3O. The van der Waals surface area contributed by atoms with Gasteiger partial charge in [-0.15, -0.1) is 12.4 Å². The van der Waals surface area contributed by atoms with E-state index in [1.54, 1.807) is 0 Å². The van der Waals surface area contributed by atoms with Gasteiger partial charge in [-0.25, -0.2) is 4.98 Å². The van der Waals surface area contributed by atoms with Gasteiger partial charge in [-0.1, -0.05) is 0 Å². The molecule has 5 heteroatoms. The van der Waals surface area contributed by atoms with Gasteiger partial charge < -0.3 is 15.0 Å². The van der Waals surface area contributed by atoms with Crippen molar-refractivity contribution in [2.24, 2.45) is 5.73 Å². The molecule has 0 unspecified atom stereocenters. The third-order valence-corrected chi connectivity index (χ3v) is 1.92. The molecule has 2 N–H and O–H groups in total. The van der Waals surface area contributed by atoms with E-state index in [1.165, 1.54) is 0 Å². The van der Waals surface area contributed by atoms with Gasteiger partial charge in [0.25, 0.3) is 0 Å². The van der Waals surface area contributed by atoms with Gasteiger partial charge in [0, 0.05) is 19.3 Å². The first-order valence-corrected chi connectivity index (χ1v) is 3.73. The van der Waals surface area contributed by atoms with Crippen molar-refractivity contribution in [3.8, 4) is 0 Å². The summed E-state index contributed by atoms with van der Waals surface area (Å²) in [6, 6.07) is 0. The lowest BCUT2D eigenvalue weighted by atomic mass is 10.4. The molecule has 1 aromatic heterocycles. The molecule has 1 aliphatic rings. The van der Waals surface area contributed by atoms with Crippen LogP contribution in [0.15, 0.2) is 6.20 Å². The average molecular weight is 190 g/mol. The Morgan fingerprint density at radius 1 is 1.67 bits per heavy atom. The maximum atomic E-state index is 5.52. The lowest BCUT2D eigenvalue weighted by Gasteiger charge is -2.16. The van der Waals surface area contributed by atoms with Gasteiger partial charge in [0.2, 0.25) is 0 Å². The van der Waals surface area contributed by atoms with E-state index in [9.17, 15) is 0 Å². The van der Waals surface area contributed by atoms with Crippen LogP contribution in [0, 0.1) is 0 Å². The van der Waals surface area contributed by atoms with Crippen LogP contribution in [0.5, 0.6) is 0 Å². The lowest BCUT2D eigenvalue weighted by molar-refractivity contribution is 0.0806. The molecule has 0 aliphatic carbocycles. The molecule has 0 bridgehead atoms. The van der Waals surface area contributed by atoms with Crippen molar-refractivity contribution in [3.63, 3.8) is 0 Å². The summed E-state index contributed by atoms with van der Waals surface area (Å²) in [7, 11) is 0. The quantitative estimate of drug-likeness (QED) is 0.691. The Bertz CT molecular complexity index is 248. The fourth-order valence-electron chi connectivity index (χ4n) is 1.32. The van der Waals surface area contributed by atoms with Crippen LogP contribution in [0.1, 0.15) is 11.5 Å². The number of hydrogen-bond acceptors (Lipinski definition) is 3. The average Bonchev–Trinajstić information content (AvgIpc) is 2.47. The third-order valence-electron chi connectivity index (χ3n) is 1.92. The maximum Gasteiger partial charge on any atom is 0.135 e. The minimum absolute atomic E-state index is 0. The van der Waals surface area contributed by atoms with E-state index in [-0.39, 0.29) is 12.4 Å². The van der Waals surface area contributed by atoms with Crippen LogP contribution < -0.4 is 5.73 Å². The van der Waals surface area contributed by atoms with Gasteiger partial charge in [0.15, 0.2) is 0 Å². The van der Waals surface area contributed by atoms with Crippen LogP contribution in [0.3, 0.4) is 0 Å². The summed E-state index contributed by atoms with van der Waals surface area (Å²) in [5.74, 6) is 0.997. The van der Waals surface area contributed by atoms with Crippen molar-refractivity contribution in [3.05, 3.63) is 17.7 Å². The zero-order valence-corrected chi connectivity index (χ0v) is 7.51. The van der Waals surface area contributed by atoms with Crippen molar-refractivity contribution < 1.29 is 4.74 Å². The number of hydrogen-bond donors (Lipinski definition) is 1. The molecule has 0 saturated carbocycles. The second-order valence-corrected chi connectivity index (χ2v) is 2.57. The highest BCUT2D eigenvalue weighted by Gasteiger charge is 2.12. The summed E-state index contributed by atoms with van der Waals surface area (Å²) < 4.78 is 7.36. The Balaban J connectivity index is 0.000000720. The molecule has 68 valence electrons.